The van der Waals surface area contributed by atoms with Gasteiger partial charge in [0.15, 0.2) is 6.29 Å². The zero-order valence-corrected chi connectivity index (χ0v) is 9.97. The molecule has 0 saturated carbocycles. The Morgan fingerprint density at radius 3 is 2.00 bits per heavy atom. The molecule has 0 spiro atoms. The second-order valence-electron chi connectivity index (χ2n) is 2.27. The summed E-state index contributed by atoms with van der Waals surface area (Å²) in [5.74, 6) is -0.844. The number of aryl methyl sites for hydroxylation is 1. The monoisotopic (exact) mass is 214 g/mol. The molecular weight excluding hydrogens is 195 g/mol. The average Bonchev–Trinajstić information content (AvgIpc) is 2.23. The predicted molar refractivity (Wildman–Crippen MR) is 60.9 cm³/mol. The fourth-order valence-electron chi connectivity index (χ4n) is 0.890. The van der Waals surface area contributed by atoms with Crippen LogP contribution in [0.2, 0.25) is 0 Å². The minimum atomic E-state index is -0.536. The van der Waals surface area contributed by atoms with Crippen molar-refractivity contribution in [1.29, 1.82) is 0 Å². The van der Waals surface area contributed by atoms with E-state index in [1.165, 1.54) is 6.07 Å². The van der Waals surface area contributed by atoms with Crippen LogP contribution in [-0.4, -0.2) is 11.4 Å². The Morgan fingerprint density at radius 2 is 1.67 bits per heavy atom. The van der Waals surface area contributed by atoms with Gasteiger partial charge in [-0.2, -0.15) is 0 Å². The van der Waals surface area contributed by atoms with Crippen LogP contribution >= 0.6 is 0 Å². The van der Waals surface area contributed by atoms with Gasteiger partial charge >= 0.3 is 0 Å². The zero-order valence-electron chi connectivity index (χ0n) is 9.97. The second-order valence-corrected chi connectivity index (χ2v) is 2.27. The third kappa shape index (κ3) is 5.15. The number of hydrogen-bond acceptors (Lipinski definition) is 2. The molecule has 0 bridgehead atoms. The first-order valence-corrected chi connectivity index (χ1v) is 5.09. The summed E-state index contributed by atoms with van der Waals surface area (Å²) >= 11 is 0. The summed E-state index contributed by atoms with van der Waals surface area (Å²) in [4.78, 5) is 10.3. The first-order valence-electron chi connectivity index (χ1n) is 5.09. The third-order valence-electron chi connectivity index (χ3n) is 1.45. The number of aromatic hydroxyl groups is 1. The van der Waals surface area contributed by atoms with Crippen molar-refractivity contribution in [1.82, 2.24) is 0 Å². The van der Waals surface area contributed by atoms with Crippen LogP contribution in [0.4, 0.5) is 4.39 Å². The molecule has 0 unspecified atom stereocenters. The maximum atomic E-state index is 12.5. The summed E-state index contributed by atoms with van der Waals surface area (Å²) in [5.41, 5.74) is 0.587. The standard InChI is InChI=1S/C8H7FO2.2C2H6/c1-5-2-6(9)3-8(11)7(5)4-10;2*1-2/h2-4,11H,1H3;2*1-2H3. The molecule has 15 heavy (non-hydrogen) atoms. The minimum Gasteiger partial charge on any atom is -0.507 e. The summed E-state index contributed by atoms with van der Waals surface area (Å²) in [6.45, 7) is 9.56. The number of carbonyl (C=O) groups excluding carboxylic acids is 1. The predicted octanol–water partition coefficient (Wildman–Crippen LogP) is 3.70. The number of halogens is 1. The Morgan fingerprint density at radius 1 is 1.20 bits per heavy atom. The third-order valence-corrected chi connectivity index (χ3v) is 1.45. The highest BCUT2D eigenvalue weighted by Gasteiger charge is 2.05. The van der Waals surface area contributed by atoms with Crippen LogP contribution in [0.5, 0.6) is 5.75 Å². The van der Waals surface area contributed by atoms with Gasteiger partial charge in [0.2, 0.25) is 0 Å². The van der Waals surface area contributed by atoms with Crippen molar-refractivity contribution in [2.45, 2.75) is 34.6 Å². The van der Waals surface area contributed by atoms with E-state index in [-0.39, 0.29) is 11.3 Å². The van der Waals surface area contributed by atoms with Crippen LogP contribution in [-0.2, 0) is 0 Å². The van der Waals surface area contributed by atoms with Crippen molar-refractivity contribution in [3.05, 3.63) is 29.1 Å². The molecule has 0 aliphatic rings. The van der Waals surface area contributed by atoms with Gasteiger partial charge in [-0.15, -0.1) is 0 Å². The molecule has 0 atom stereocenters. The van der Waals surface area contributed by atoms with Crippen LogP contribution < -0.4 is 0 Å². The number of benzene rings is 1. The van der Waals surface area contributed by atoms with E-state index in [1.54, 1.807) is 6.92 Å². The molecule has 0 aliphatic carbocycles. The molecule has 0 radical (unpaired) electrons. The van der Waals surface area contributed by atoms with Crippen molar-refractivity contribution in [3.63, 3.8) is 0 Å². The molecule has 1 N–H and O–H groups in total. The quantitative estimate of drug-likeness (QED) is 0.724. The smallest absolute Gasteiger partial charge is 0.154 e. The molecule has 3 heteroatoms. The second kappa shape index (κ2) is 9.19. The summed E-state index contributed by atoms with van der Waals surface area (Å²) in [7, 11) is 0. The minimum absolute atomic E-state index is 0.145. The van der Waals surface area contributed by atoms with E-state index in [1.807, 2.05) is 27.7 Å². The van der Waals surface area contributed by atoms with E-state index >= 15 is 0 Å². The summed E-state index contributed by atoms with van der Waals surface area (Å²) in [5, 5.41) is 9.00. The Bertz CT molecular complexity index is 273. The summed E-state index contributed by atoms with van der Waals surface area (Å²) in [6, 6.07) is 2.11. The van der Waals surface area contributed by atoms with Gasteiger partial charge in [0.05, 0.1) is 5.56 Å². The number of carbonyl (C=O) groups is 1. The van der Waals surface area contributed by atoms with Gasteiger partial charge in [0, 0.05) is 6.07 Å². The van der Waals surface area contributed by atoms with Crippen LogP contribution in [0.15, 0.2) is 12.1 Å². The molecule has 0 heterocycles. The van der Waals surface area contributed by atoms with Gasteiger partial charge in [-0.25, -0.2) is 4.39 Å². The van der Waals surface area contributed by atoms with Gasteiger partial charge in [0.25, 0.3) is 0 Å². The van der Waals surface area contributed by atoms with Crippen molar-refractivity contribution in [3.8, 4) is 5.75 Å². The van der Waals surface area contributed by atoms with Gasteiger partial charge < -0.3 is 5.11 Å². The SMILES string of the molecule is CC.CC.Cc1cc(F)cc(O)c1C=O. The number of phenolic OH excluding ortho intramolecular Hbond substituents is 1. The average molecular weight is 214 g/mol. The van der Waals surface area contributed by atoms with E-state index in [9.17, 15) is 9.18 Å². The first-order chi connectivity index (χ1) is 7.15. The van der Waals surface area contributed by atoms with Gasteiger partial charge in [-0.1, -0.05) is 27.7 Å². The first kappa shape index (κ1) is 16.1. The Labute approximate surface area is 90.8 Å². The Balaban J connectivity index is 0. The van der Waals surface area contributed by atoms with E-state index in [0.717, 1.165) is 6.07 Å². The van der Waals surface area contributed by atoms with Crippen LogP contribution in [0.3, 0.4) is 0 Å². The fourth-order valence-corrected chi connectivity index (χ4v) is 0.890. The fraction of sp³-hybridized carbons (Fsp3) is 0.417. The Hall–Kier alpha value is -1.38. The highest BCUT2D eigenvalue weighted by atomic mass is 19.1. The molecule has 0 saturated heterocycles. The van der Waals surface area contributed by atoms with Crippen molar-refractivity contribution < 1.29 is 14.3 Å². The number of phenols is 1. The highest BCUT2D eigenvalue weighted by molar-refractivity contribution is 5.81. The highest BCUT2D eigenvalue weighted by Crippen LogP contribution is 2.19. The number of rotatable bonds is 1. The van der Waals surface area contributed by atoms with Crippen molar-refractivity contribution >= 4 is 6.29 Å². The number of hydrogen-bond donors (Lipinski definition) is 1. The Kier molecular flexibility index (Phi) is 9.84. The lowest BCUT2D eigenvalue weighted by molar-refractivity contribution is 0.112. The van der Waals surface area contributed by atoms with Crippen LogP contribution in [0.25, 0.3) is 0 Å². The van der Waals surface area contributed by atoms with Gasteiger partial charge in [-0.3, -0.25) is 4.79 Å². The van der Waals surface area contributed by atoms with Crippen LogP contribution in [0.1, 0.15) is 43.6 Å². The molecule has 86 valence electrons. The lowest BCUT2D eigenvalue weighted by atomic mass is 10.1. The molecule has 0 fully saturated rings. The van der Waals surface area contributed by atoms with E-state index < -0.39 is 5.82 Å². The van der Waals surface area contributed by atoms with Gasteiger partial charge in [0.1, 0.15) is 11.6 Å². The molecule has 2 nitrogen and oxygen atoms in total. The molecular formula is C12H19FO2. The lowest BCUT2D eigenvalue weighted by Gasteiger charge is -2.00. The normalized spacial score (nSPS) is 7.87. The number of aldehydes is 1. The van der Waals surface area contributed by atoms with E-state index in [4.69, 9.17) is 5.11 Å². The summed E-state index contributed by atoms with van der Waals surface area (Å²) < 4.78 is 12.5. The molecule has 0 aromatic heterocycles. The summed E-state index contributed by atoms with van der Waals surface area (Å²) in [6.07, 6.45) is 0.504. The van der Waals surface area contributed by atoms with E-state index in [2.05, 4.69) is 0 Å². The molecule has 1 aromatic carbocycles. The molecule has 1 aromatic rings. The zero-order chi connectivity index (χ0) is 12.4. The van der Waals surface area contributed by atoms with Crippen LogP contribution in [0, 0.1) is 12.7 Å². The largest absolute Gasteiger partial charge is 0.507 e. The molecule has 0 amide bonds. The molecule has 1 rings (SSSR count). The molecule has 0 aliphatic heterocycles. The van der Waals surface area contributed by atoms with Crippen molar-refractivity contribution in [2.24, 2.45) is 0 Å². The topological polar surface area (TPSA) is 37.3 Å². The lowest BCUT2D eigenvalue weighted by Crippen LogP contribution is -1.88. The van der Waals surface area contributed by atoms with Crippen molar-refractivity contribution in [2.75, 3.05) is 0 Å². The maximum absolute atomic E-state index is 12.5. The maximum Gasteiger partial charge on any atom is 0.154 e. The van der Waals surface area contributed by atoms with Gasteiger partial charge in [-0.05, 0) is 18.6 Å². The van der Waals surface area contributed by atoms with E-state index in [0.29, 0.717) is 11.8 Å².